The van der Waals surface area contributed by atoms with Gasteiger partial charge in [0.25, 0.3) is 0 Å². The van der Waals surface area contributed by atoms with Crippen LogP contribution in [-0.4, -0.2) is 43.3 Å². The molecule has 0 N–H and O–H groups in total. The first-order valence-electron chi connectivity index (χ1n) is 13.9. The van der Waals surface area contributed by atoms with Crippen LogP contribution < -0.4 is 18.9 Å². The quantitative estimate of drug-likeness (QED) is 0.151. The molecule has 8 nitrogen and oxygen atoms in total. The molecule has 0 saturated carbocycles. The van der Waals surface area contributed by atoms with Gasteiger partial charge in [-0.3, -0.25) is 0 Å². The van der Waals surface area contributed by atoms with E-state index in [9.17, 15) is 16.8 Å². The van der Waals surface area contributed by atoms with E-state index in [0.717, 1.165) is 6.42 Å². The van der Waals surface area contributed by atoms with E-state index in [4.69, 9.17) is 18.9 Å². The maximum atomic E-state index is 13.0. The third-order valence-electron chi connectivity index (χ3n) is 7.00. The number of sulfone groups is 2. The van der Waals surface area contributed by atoms with Gasteiger partial charge in [0.05, 0.1) is 46.0 Å². The number of hydrogen-bond donors (Lipinski definition) is 0. The molecule has 43 heavy (non-hydrogen) atoms. The van der Waals surface area contributed by atoms with Crippen molar-refractivity contribution >= 4 is 19.7 Å². The fraction of sp³-hybridized carbons (Fsp3) is 0.273. The highest BCUT2D eigenvalue weighted by Crippen LogP contribution is 2.27. The fourth-order valence-electron chi connectivity index (χ4n) is 4.43. The Labute approximate surface area is 254 Å². The van der Waals surface area contributed by atoms with Crippen LogP contribution in [0.25, 0.3) is 0 Å². The van der Waals surface area contributed by atoms with Crippen molar-refractivity contribution in [1.82, 2.24) is 0 Å². The van der Waals surface area contributed by atoms with Crippen LogP contribution in [0, 0.1) is 0 Å². The lowest BCUT2D eigenvalue weighted by molar-refractivity contribution is 0.147. The van der Waals surface area contributed by atoms with Crippen LogP contribution in [0.15, 0.2) is 117 Å². The smallest absolute Gasteiger partial charge is 0.206 e. The molecule has 2 unspecified atom stereocenters. The van der Waals surface area contributed by atoms with Crippen LogP contribution in [0.2, 0.25) is 0 Å². The molecule has 4 rings (SSSR count). The summed E-state index contributed by atoms with van der Waals surface area (Å²) in [6, 6.07) is 25.4. The van der Waals surface area contributed by atoms with Crippen molar-refractivity contribution in [1.29, 1.82) is 0 Å². The summed E-state index contributed by atoms with van der Waals surface area (Å²) < 4.78 is 74.2. The van der Waals surface area contributed by atoms with Crippen molar-refractivity contribution in [2.24, 2.45) is 0 Å². The molecule has 10 heteroatoms. The minimum atomic E-state index is -3.66. The van der Waals surface area contributed by atoms with Crippen molar-refractivity contribution in [3.8, 4) is 23.0 Å². The minimum absolute atomic E-state index is 0.0906. The SMILES string of the molecule is CCC(CCC(C)Oc1ccc(S(=O)(=O)c2ccc(OC)cc2)cc1)Oc1ccc(S(=O)(=O)c2ccc(OC)cc2)cc1. The lowest BCUT2D eigenvalue weighted by Crippen LogP contribution is -2.20. The van der Waals surface area contributed by atoms with E-state index in [1.54, 1.807) is 60.7 Å². The Balaban J connectivity index is 1.30. The first kappa shape index (κ1) is 31.9. The average molecular weight is 625 g/mol. The summed E-state index contributed by atoms with van der Waals surface area (Å²) in [6.07, 6.45) is 1.95. The Morgan fingerprint density at radius 3 is 1.16 bits per heavy atom. The van der Waals surface area contributed by atoms with Gasteiger partial charge >= 0.3 is 0 Å². The molecule has 0 spiro atoms. The van der Waals surface area contributed by atoms with Crippen LogP contribution in [0.4, 0.5) is 0 Å². The predicted octanol–water partition coefficient (Wildman–Crippen LogP) is 6.77. The van der Waals surface area contributed by atoms with Gasteiger partial charge in [-0.05, 0) is 123 Å². The molecule has 0 saturated heterocycles. The topological polar surface area (TPSA) is 105 Å². The molecular formula is C33H36O8S2. The zero-order valence-corrected chi connectivity index (χ0v) is 26.2. The number of methoxy groups -OCH3 is 2. The Morgan fingerprint density at radius 2 is 0.837 bits per heavy atom. The third kappa shape index (κ3) is 7.88. The Hall–Kier alpha value is -4.02. The van der Waals surface area contributed by atoms with Crippen molar-refractivity contribution in [3.63, 3.8) is 0 Å². The molecule has 0 amide bonds. The number of rotatable bonds is 14. The first-order chi connectivity index (χ1) is 20.6. The molecule has 0 aliphatic carbocycles. The van der Waals surface area contributed by atoms with Crippen LogP contribution in [0.1, 0.15) is 33.1 Å². The summed E-state index contributed by atoms with van der Waals surface area (Å²) in [5.41, 5.74) is 0. The Kier molecular flexibility index (Phi) is 10.4. The molecule has 4 aromatic carbocycles. The number of ether oxygens (including phenoxy) is 4. The van der Waals surface area contributed by atoms with Gasteiger partial charge in [-0.1, -0.05) is 6.92 Å². The second kappa shape index (κ2) is 14.0. The van der Waals surface area contributed by atoms with Gasteiger partial charge in [-0.25, -0.2) is 16.8 Å². The third-order valence-corrected chi connectivity index (χ3v) is 10.6. The van der Waals surface area contributed by atoms with Crippen molar-refractivity contribution in [2.75, 3.05) is 14.2 Å². The molecule has 0 fully saturated rings. The Morgan fingerprint density at radius 1 is 0.512 bits per heavy atom. The van der Waals surface area contributed by atoms with Gasteiger partial charge in [0.15, 0.2) is 0 Å². The molecule has 0 aliphatic heterocycles. The van der Waals surface area contributed by atoms with Gasteiger partial charge < -0.3 is 18.9 Å². The summed E-state index contributed by atoms with van der Waals surface area (Å²) >= 11 is 0. The molecular weight excluding hydrogens is 588 g/mol. The largest absolute Gasteiger partial charge is 0.497 e. The van der Waals surface area contributed by atoms with Crippen molar-refractivity contribution in [3.05, 3.63) is 97.1 Å². The van der Waals surface area contributed by atoms with Gasteiger partial charge in [0, 0.05) is 0 Å². The highest BCUT2D eigenvalue weighted by atomic mass is 32.2. The van der Waals surface area contributed by atoms with Crippen LogP contribution in [0.5, 0.6) is 23.0 Å². The fourth-order valence-corrected chi connectivity index (χ4v) is 6.95. The molecule has 0 heterocycles. The molecule has 0 aliphatic rings. The van der Waals surface area contributed by atoms with E-state index in [-0.39, 0.29) is 31.8 Å². The van der Waals surface area contributed by atoms with Gasteiger partial charge in [0.2, 0.25) is 19.7 Å². The van der Waals surface area contributed by atoms with Crippen LogP contribution >= 0.6 is 0 Å². The Bertz CT molecular complexity index is 1680. The number of hydrogen-bond acceptors (Lipinski definition) is 8. The zero-order valence-electron chi connectivity index (χ0n) is 24.6. The van der Waals surface area contributed by atoms with Crippen LogP contribution in [-0.2, 0) is 19.7 Å². The lowest BCUT2D eigenvalue weighted by Gasteiger charge is -2.21. The molecule has 0 radical (unpaired) electrons. The second-order valence-corrected chi connectivity index (χ2v) is 13.9. The summed E-state index contributed by atoms with van der Waals surface area (Å²) in [7, 11) is -4.26. The summed E-state index contributed by atoms with van der Waals surface area (Å²) in [4.78, 5) is 0.744. The van der Waals surface area contributed by atoms with Crippen LogP contribution in [0.3, 0.4) is 0 Å². The van der Waals surface area contributed by atoms with E-state index < -0.39 is 19.7 Å². The van der Waals surface area contributed by atoms with E-state index in [1.807, 2.05) is 13.8 Å². The number of benzene rings is 4. The summed E-state index contributed by atoms with van der Waals surface area (Å²) in [5, 5.41) is 0. The summed E-state index contributed by atoms with van der Waals surface area (Å²) in [6.45, 7) is 3.98. The molecule has 0 bridgehead atoms. The normalized spacial score (nSPS) is 13.1. The maximum absolute atomic E-state index is 13.0. The lowest BCUT2D eigenvalue weighted by atomic mass is 10.1. The second-order valence-electron chi connectivity index (χ2n) is 9.95. The molecule has 0 aromatic heterocycles. The van der Waals surface area contributed by atoms with Gasteiger partial charge in [-0.15, -0.1) is 0 Å². The average Bonchev–Trinajstić information content (AvgIpc) is 3.03. The highest BCUT2D eigenvalue weighted by Gasteiger charge is 2.20. The zero-order chi connectivity index (χ0) is 31.0. The minimum Gasteiger partial charge on any atom is -0.497 e. The van der Waals surface area contributed by atoms with Gasteiger partial charge in [-0.2, -0.15) is 0 Å². The van der Waals surface area contributed by atoms with E-state index in [2.05, 4.69) is 0 Å². The van der Waals surface area contributed by atoms with Crippen molar-refractivity contribution in [2.45, 2.75) is 64.9 Å². The molecule has 4 aromatic rings. The predicted molar refractivity (Wildman–Crippen MR) is 164 cm³/mol. The standard InChI is InChI=1S/C33H36O8S2/c1-5-25(41-29-14-22-33(23-15-29)43(36,37)31-18-10-27(39-4)11-19-31)7-6-24(2)40-28-12-20-32(21-13-28)42(34,35)30-16-8-26(38-3)9-17-30/h8-25H,5-7H2,1-4H3. The van der Waals surface area contributed by atoms with E-state index in [0.29, 0.717) is 35.8 Å². The van der Waals surface area contributed by atoms with E-state index in [1.165, 1.54) is 50.6 Å². The molecule has 2 atom stereocenters. The summed E-state index contributed by atoms with van der Waals surface area (Å²) in [5.74, 6) is 2.33. The highest BCUT2D eigenvalue weighted by molar-refractivity contribution is 7.91. The van der Waals surface area contributed by atoms with Crippen molar-refractivity contribution < 1.29 is 35.8 Å². The molecule has 228 valence electrons. The van der Waals surface area contributed by atoms with E-state index >= 15 is 0 Å². The monoisotopic (exact) mass is 624 g/mol. The first-order valence-corrected chi connectivity index (χ1v) is 16.8. The van der Waals surface area contributed by atoms with Gasteiger partial charge in [0.1, 0.15) is 23.0 Å². The maximum Gasteiger partial charge on any atom is 0.206 e.